The van der Waals surface area contributed by atoms with E-state index in [1.807, 2.05) is 13.1 Å². The molecule has 0 aliphatic carbocycles. The van der Waals surface area contributed by atoms with Crippen LogP contribution in [0.4, 0.5) is 0 Å². The number of piperazine rings is 1. The maximum absolute atomic E-state index is 12.6. The SMILES string of the molecule is CCOC[C@H](O)CN1CCN(C(=O)c2cn3cccnc3n2)CC1. The molecule has 1 amide bonds. The zero-order valence-electron chi connectivity index (χ0n) is 13.8. The van der Waals surface area contributed by atoms with Crippen molar-refractivity contribution in [3.63, 3.8) is 0 Å². The Hall–Kier alpha value is -2.03. The van der Waals surface area contributed by atoms with Gasteiger partial charge in [0, 0.05) is 57.9 Å². The second kappa shape index (κ2) is 7.69. The number of carbonyl (C=O) groups excluding carboxylic acids is 1. The van der Waals surface area contributed by atoms with Gasteiger partial charge in [-0.25, -0.2) is 9.97 Å². The molecule has 1 aliphatic rings. The predicted octanol–water partition coefficient (Wildman–Crippen LogP) is -0.115. The maximum atomic E-state index is 12.6. The number of nitrogens with zero attached hydrogens (tertiary/aromatic N) is 5. The lowest BCUT2D eigenvalue weighted by Gasteiger charge is -2.35. The summed E-state index contributed by atoms with van der Waals surface area (Å²) in [6.07, 6.45) is 4.70. The van der Waals surface area contributed by atoms with Crippen molar-refractivity contribution in [2.24, 2.45) is 0 Å². The molecule has 1 saturated heterocycles. The van der Waals surface area contributed by atoms with Gasteiger partial charge >= 0.3 is 0 Å². The van der Waals surface area contributed by atoms with Crippen LogP contribution in [0.1, 0.15) is 17.4 Å². The standard InChI is InChI=1S/C16H23N5O3/c1-2-24-12-13(22)10-19-6-8-20(9-7-19)15(23)14-11-21-5-3-4-17-16(21)18-14/h3-5,11,13,22H,2,6-10,12H2,1H3/t13-/m1/s1. The van der Waals surface area contributed by atoms with Crippen LogP contribution in [0.5, 0.6) is 0 Å². The Morgan fingerprint density at radius 2 is 2.17 bits per heavy atom. The number of hydrogen-bond donors (Lipinski definition) is 1. The van der Waals surface area contributed by atoms with Crippen molar-refractivity contribution in [1.82, 2.24) is 24.2 Å². The van der Waals surface area contributed by atoms with Crippen LogP contribution in [0.15, 0.2) is 24.7 Å². The number of aromatic nitrogens is 3. The monoisotopic (exact) mass is 333 g/mol. The summed E-state index contributed by atoms with van der Waals surface area (Å²) < 4.78 is 6.97. The second-order valence-corrected chi connectivity index (χ2v) is 5.86. The third-order valence-electron chi connectivity index (χ3n) is 4.10. The van der Waals surface area contributed by atoms with Gasteiger partial charge in [-0.3, -0.25) is 14.1 Å². The molecule has 0 spiro atoms. The summed E-state index contributed by atoms with van der Waals surface area (Å²) in [5.41, 5.74) is 0.415. The Morgan fingerprint density at radius 3 is 2.88 bits per heavy atom. The smallest absolute Gasteiger partial charge is 0.274 e. The largest absolute Gasteiger partial charge is 0.389 e. The van der Waals surface area contributed by atoms with Crippen molar-refractivity contribution < 1.29 is 14.6 Å². The Morgan fingerprint density at radius 1 is 1.38 bits per heavy atom. The van der Waals surface area contributed by atoms with Crippen LogP contribution in [0.2, 0.25) is 0 Å². The van der Waals surface area contributed by atoms with E-state index in [-0.39, 0.29) is 5.91 Å². The highest BCUT2D eigenvalue weighted by Crippen LogP contribution is 2.09. The predicted molar refractivity (Wildman–Crippen MR) is 87.8 cm³/mol. The van der Waals surface area contributed by atoms with Crippen LogP contribution >= 0.6 is 0 Å². The molecule has 0 bridgehead atoms. The lowest BCUT2D eigenvalue weighted by atomic mass is 10.2. The lowest BCUT2D eigenvalue weighted by Crippen LogP contribution is -2.50. The highest BCUT2D eigenvalue weighted by Gasteiger charge is 2.25. The van der Waals surface area contributed by atoms with E-state index in [9.17, 15) is 9.90 Å². The van der Waals surface area contributed by atoms with Crippen LogP contribution in [0.3, 0.4) is 0 Å². The molecular weight excluding hydrogens is 310 g/mol. The first-order valence-electron chi connectivity index (χ1n) is 8.24. The van der Waals surface area contributed by atoms with Crippen LogP contribution in [0.25, 0.3) is 5.78 Å². The molecule has 24 heavy (non-hydrogen) atoms. The summed E-state index contributed by atoms with van der Waals surface area (Å²) in [6, 6.07) is 1.80. The van der Waals surface area contributed by atoms with Crippen LogP contribution < -0.4 is 0 Å². The van der Waals surface area contributed by atoms with Crippen molar-refractivity contribution >= 4 is 11.7 Å². The fourth-order valence-corrected chi connectivity index (χ4v) is 2.83. The Balaban J connectivity index is 1.53. The average molecular weight is 333 g/mol. The Labute approximate surface area is 140 Å². The first-order valence-corrected chi connectivity index (χ1v) is 8.24. The summed E-state index contributed by atoms with van der Waals surface area (Å²) in [7, 11) is 0. The topological polar surface area (TPSA) is 83.2 Å². The molecule has 0 radical (unpaired) electrons. The number of aliphatic hydroxyl groups excluding tert-OH is 1. The molecule has 1 atom stereocenters. The lowest BCUT2D eigenvalue weighted by molar-refractivity contribution is 0.0110. The van der Waals surface area contributed by atoms with E-state index in [1.54, 1.807) is 27.8 Å². The van der Waals surface area contributed by atoms with E-state index in [2.05, 4.69) is 14.9 Å². The van der Waals surface area contributed by atoms with Gasteiger partial charge in [0.05, 0.1) is 12.7 Å². The van der Waals surface area contributed by atoms with Gasteiger partial charge in [-0.2, -0.15) is 0 Å². The molecule has 1 N–H and O–H groups in total. The number of aliphatic hydroxyl groups is 1. The van der Waals surface area contributed by atoms with E-state index in [1.165, 1.54) is 0 Å². The number of β-amino-alcohol motifs (C(OH)–C–C–N with tert-alkyl or cyclic N) is 1. The molecule has 0 saturated carbocycles. The van der Waals surface area contributed by atoms with E-state index in [0.717, 1.165) is 13.1 Å². The van der Waals surface area contributed by atoms with E-state index < -0.39 is 6.10 Å². The van der Waals surface area contributed by atoms with Crippen LogP contribution in [0, 0.1) is 0 Å². The molecule has 2 aromatic rings. The number of amides is 1. The number of carbonyl (C=O) groups is 1. The molecule has 130 valence electrons. The van der Waals surface area contributed by atoms with Gasteiger partial charge in [-0.05, 0) is 13.0 Å². The molecule has 8 nitrogen and oxygen atoms in total. The minimum atomic E-state index is -0.489. The molecule has 8 heteroatoms. The molecule has 3 heterocycles. The van der Waals surface area contributed by atoms with Gasteiger partial charge in [-0.15, -0.1) is 0 Å². The summed E-state index contributed by atoms with van der Waals surface area (Å²) in [4.78, 5) is 24.9. The summed E-state index contributed by atoms with van der Waals surface area (Å²) in [5.74, 6) is 0.452. The van der Waals surface area contributed by atoms with Crippen molar-refractivity contribution in [1.29, 1.82) is 0 Å². The number of hydrogen-bond acceptors (Lipinski definition) is 6. The summed E-state index contributed by atoms with van der Waals surface area (Å²) >= 11 is 0. The molecule has 0 aromatic carbocycles. The normalized spacial score (nSPS) is 17.3. The minimum Gasteiger partial charge on any atom is -0.389 e. The quantitative estimate of drug-likeness (QED) is 0.794. The zero-order valence-corrected chi connectivity index (χ0v) is 13.8. The van der Waals surface area contributed by atoms with Gasteiger partial charge in [0.15, 0.2) is 0 Å². The van der Waals surface area contributed by atoms with Crippen molar-refractivity contribution in [2.75, 3.05) is 45.9 Å². The highest BCUT2D eigenvalue weighted by atomic mass is 16.5. The van der Waals surface area contributed by atoms with Gasteiger partial charge < -0.3 is 14.7 Å². The van der Waals surface area contributed by atoms with E-state index in [4.69, 9.17) is 4.74 Å². The number of imidazole rings is 1. The highest BCUT2D eigenvalue weighted by molar-refractivity contribution is 5.92. The summed E-state index contributed by atoms with van der Waals surface area (Å²) in [6.45, 7) is 6.16. The third-order valence-corrected chi connectivity index (χ3v) is 4.10. The molecule has 2 aromatic heterocycles. The van der Waals surface area contributed by atoms with Gasteiger partial charge in [0.2, 0.25) is 5.78 Å². The second-order valence-electron chi connectivity index (χ2n) is 5.86. The molecule has 3 rings (SSSR count). The maximum Gasteiger partial charge on any atom is 0.274 e. The fourth-order valence-electron chi connectivity index (χ4n) is 2.83. The van der Waals surface area contributed by atoms with Gasteiger partial charge in [0.1, 0.15) is 5.69 Å². The number of rotatable bonds is 6. The van der Waals surface area contributed by atoms with E-state index in [0.29, 0.717) is 44.3 Å². The Kier molecular flexibility index (Phi) is 5.39. The average Bonchev–Trinajstić information content (AvgIpc) is 3.04. The van der Waals surface area contributed by atoms with Crippen molar-refractivity contribution in [3.05, 3.63) is 30.4 Å². The first-order chi connectivity index (χ1) is 11.7. The zero-order chi connectivity index (χ0) is 16.9. The number of ether oxygens (including phenoxy) is 1. The third kappa shape index (κ3) is 3.89. The molecule has 0 unspecified atom stereocenters. The fraction of sp³-hybridized carbons (Fsp3) is 0.562. The van der Waals surface area contributed by atoms with Crippen LogP contribution in [-0.4, -0.2) is 87.2 Å². The summed E-state index contributed by atoms with van der Waals surface area (Å²) in [5, 5.41) is 9.90. The number of fused-ring (bicyclic) bond motifs is 1. The molecule has 1 fully saturated rings. The Bertz CT molecular complexity index is 648. The van der Waals surface area contributed by atoms with E-state index >= 15 is 0 Å². The first kappa shape index (κ1) is 16.8. The van der Waals surface area contributed by atoms with Gasteiger partial charge in [-0.1, -0.05) is 0 Å². The molecule has 1 aliphatic heterocycles. The molecular formula is C16H23N5O3. The van der Waals surface area contributed by atoms with Crippen molar-refractivity contribution in [2.45, 2.75) is 13.0 Å². The van der Waals surface area contributed by atoms with Gasteiger partial charge in [0.25, 0.3) is 5.91 Å². The van der Waals surface area contributed by atoms with Crippen molar-refractivity contribution in [3.8, 4) is 0 Å². The minimum absolute atomic E-state index is 0.0741. The van der Waals surface area contributed by atoms with Crippen LogP contribution in [-0.2, 0) is 4.74 Å².